The highest BCUT2D eigenvalue weighted by Crippen LogP contribution is 2.36. The van der Waals surface area contributed by atoms with Gasteiger partial charge in [0.05, 0.1) is 22.6 Å². The van der Waals surface area contributed by atoms with Crippen molar-refractivity contribution >= 4 is 39.2 Å². The summed E-state index contributed by atoms with van der Waals surface area (Å²) >= 11 is 0. The molecule has 12 heteroatoms. The molecule has 0 saturated carbocycles. The predicted octanol–water partition coefficient (Wildman–Crippen LogP) is 1.54. The maximum absolute atomic E-state index is 12.7. The zero-order valence-electron chi connectivity index (χ0n) is 18.5. The van der Waals surface area contributed by atoms with Gasteiger partial charge in [0.1, 0.15) is 6.07 Å². The largest absolute Gasteiger partial charge is 0.494 e. The fourth-order valence-electron chi connectivity index (χ4n) is 3.78. The number of carbonyl (C=O) groups excluding carboxylic acids is 1. The second-order valence-corrected chi connectivity index (χ2v) is 10.0. The van der Waals surface area contributed by atoms with Crippen LogP contribution in [0, 0.1) is 11.3 Å². The maximum Gasteiger partial charge on any atom is 0.251 e. The number of rotatable bonds is 6. The van der Waals surface area contributed by atoms with Gasteiger partial charge in [0.25, 0.3) is 5.91 Å². The molecular weight excluding hydrogens is 480 g/mol. The lowest BCUT2D eigenvalue weighted by Gasteiger charge is -2.31. The van der Waals surface area contributed by atoms with E-state index in [0.29, 0.717) is 59.5 Å². The molecule has 0 unspecified atom stereocenters. The molecule has 2 aromatic heterocycles. The van der Waals surface area contributed by atoms with E-state index in [1.807, 2.05) is 13.1 Å². The number of amides is 1. The zero-order valence-corrected chi connectivity index (χ0v) is 20.1. The second kappa shape index (κ2) is 10.4. The average Bonchev–Trinajstić information content (AvgIpc) is 3.14. The number of fused-ring (bicyclic) bond motifs is 1. The van der Waals surface area contributed by atoms with Gasteiger partial charge in [-0.25, -0.2) is 8.42 Å². The molecular formula is C22H25ClN6O4S. The van der Waals surface area contributed by atoms with Crippen LogP contribution < -0.4 is 5.32 Å². The number of aromatic hydroxyl groups is 1. The Kier molecular flexibility index (Phi) is 7.78. The normalized spacial score (nSPS) is 14.9. The Morgan fingerprint density at radius 2 is 1.97 bits per heavy atom. The van der Waals surface area contributed by atoms with Crippen LogP contribution in [0.25, 0.3) is 22.2 Å². The molecule has 0 aliphatic carbocycles. The third kappa shape index (κ3) is 5.31. The predicted molar refractivity (Wildman–Crippen MR) is 130 cm³/mol. The summed E-state index contributed by atoms with van der Waals surface area (Å²) in [5.74, 6) is -0.682. The molecule has 180 valence electrons. The summed E-state index contributed by atoms with van der Waals surface area (Å²) in [5, 5.41) is 22.6. The summed E-state index contributed by atoms with van der Waals surface area (Å²) in [7, 11) is -1.49. The molecule has 1 aromatic carbocycles. The smallest absolute Gasteiger partial charge is 0.251 e. The van der Waals surface area contributed by atoms with Crippen LogP contribution in [0.5, 0.6) is 5.88 Å². The number of nitrogens with zero attached hydrogens (tertiary/aromatic N) is 4. The topological polar surface area (TPSA) is 142 Å². The van der Waals surface area contributed by atoms with Crippen LogP contribution in [0.15, 0.2) is 36.5 Å². The van der Waals surface area contributed by atoms with E-state index in [-0.39, 0.29) is 30.6 Å². The number of aromatic nitrogens is 2. The lowest BCUT2D eigenvalue weighted by molar-refractivity contribution is 0.0956. The number of nitriles is 1. The van der Waals surface area contributed by atoms with Crippen LogP contribution in [0.4, 0.5) is 0 Å². The van der Waals surface area contributed by atoms with Gasteiger partial charge in [-0.3, -0.25) is 9.78 Å². The molecule has 1 aliphatic heterocycles. The Hall–Kier alpha value is -3.17. The Morgan fingerprint density at radius 3 is 2.62 bits per heavy atom. The Bertz CT molecular complexity index is 1330. The van der Waals surface area contributed by atoms with Crippen molar-refractivity contribution in [3.63, 3.8) is 0 Å². The van der Waals surface area contributed by atoms with Crippen LogP contribution >= 0.6 is 12.4 Å². The van der Waals surface area contributed by atoms with E-state index < -0.39 is 15.9 Å². The van der Waals surface area contributed by atoms with Gasteiger partial charge in [-0.2, -0.15) is 9.57 Å². The summed E-state index contributed by atoms with van der Waals surface area (Å²) < 4.78 is 26.5. The van der Waals surface area contributed by atoms with Gasteiger partial charge >= 0.3 is 0 Å². The Labute approximate surface area is 203 Å². The number of piperazine rings is 1. The number of aromatic amines is 1. The van der Waals surface area contributed by atoms with Crippen LogP contribution in [0.2, 0.25) is 0 Å². The number of carbonyl (C=O) groups is 1. The third-order valence-corrected chi connectivity index (χ3v) is 7.56. The molecule has 1 amide bonds. The first-order valence-electron chi connectivity index (χ1n) is 10.4. The van der Waals surface area contributed by atoms with E-state index in [1.165, 1.54) is 10.5 Å². The third-order valence-electron chi connectivity index (χ3n) is 5.69. The molecule has 3 N–H and O–H groups in total. The number of benzene rings is 1. The summed E-state index contributed by atoms with van der Waals surface area (Å²) in [6.45, 7) is 2.27. The molecule has 3 heterocycles. The van der Waals surface area contributed by atoms with Gasteiger partial charge < -0.3 is 20.3 Å². The molecule has 3 aromatic rings. The van der Waals surface area contributed by atoms with E-state index in [2.05, 4.69) is 20.2 Å². The number of pyridine rings is 1. The van der Waals surface area contributed by atoms with Crippen LogP contribution in [0.3, 0.4) is 0 Å². The summed E-state index contributed by atoms with van der Waals surface area (Å²) in [6, 6.07) is 10.1. The first-order chi connectivity index (χ1) is 15.8. The SMILES string of the molecule is CN1CCN(S(=O)(=O)CCNC(=O)c2ccc3[nH]c(O)c(-c4ccc(C#N)cn4)c3c2)CC1.Cl. The fourth-order valence-corrected chi connectivity index (χ4v) is 5.11. The standard InChI is InChI=1S/C22H24N6O4S.ClH/c1-27-7-9-28(10-8-27)33(31,32)11-6-24-21(29)16-3-5-18-17(12-16)20(22(30)26-18)19-4-2-15(13-23)14-25-19;/h2-5,12,14,26,30H,6-11H2,1H3,(H,24,29);1H. The van der Waals surface area contributed by atoms with E-state index in [1.54, 1.807) is 30.3 Å². The maximum atomic E-state index is 12.7. The lowest BCUT2D eigenvalue weighted by Crippen LogP contribution is -2.48. The highest BCUT2D eigenvalue weighted by molar-refractivity contribution is 7.89. The number of H-pyrrole nitrogens is 1. The van der Waals surface area contributed by atoms with Crippen molar-refractivity contribution in [2.75, 3.05) is 45.5 Å². The minimum Gasteiger partial charge on any atom is -0.494 e. The number of likely N-dealkylation sites (N-methyl/N-ethyl adjacent to an activating group) is 1. The molecule has 34 heavy (non-hydrogen) atoms. The van der Waals surface area contributed by atoms with Gasteiger partial charge in [-0.05, 0) is 37.4 Å². The summed E-state index contributed by atoms with van der Waals surface area (Å²) in [6.07, 6.45) is 1.41. The number of hydrogen-bond acceptors (Lipinski definition) is 7. The molecule has 0 atom stereocenters. The molecule has 1 saturated heterocycles. The van der Waals surface area contributed by atoms with Gasteiger partial charge in [0.2, 0.25) is 10.0 Å². The van der Waals surface area contributed by atoms with Crippen LogP contribution in [-0.2, 0) is 10.0 Å². The first kappa shape index (κ1) is 25.5. The number of halogens is 1. The monoisotopic (exact) mass is 504 g/mol. The Morgan fingerprint density at radius 1 is 1.24 bits per heavy atom. The highest BCUT2D eigenvalue weighted by atomic mass is 35.5. The van der Waals surface area contributed by atoms with E-state index in [0.717, 1.165) is 0 Å². The van der Waals surface area contributed by atoms with Crippen LogP contribution in [0.1, 0.15) is 15.9 Å². The van der Waals surface area contributed by atoms with Crippen molar-refractivity contribution < 1.29 is 18.3 Å². The lowest BCUT2D eigenvalue weighted by atomic mass is 10.1. The van der Waals surface area contributed by atoms with Gasteiger partial charge in [0, 0.05) is 55.4 Å². The van der Waals surface area contributed by atoms with Gasteiger partial charge in [-0.15, -0.1) is 12.4 Å². The van der Waals surface area contributed by atoms with Gasteiger partial charge in [0.15, 0.2) is 5.88 Å². The minimum absolute atomic E-state index is 0. The molecule has 1 fully saturated rings. The molecule has 0 bridgehead atoms. The van der Waals surface area contributed by atoms with Crippen molar-refractivity contribution in [3.8, 4) is 23.2 Å². The van der Waals surface area contributed by atoms with E-state index >= 15 is 0 Å². The summed E-state index contributed by atoms with van der Waals surface area (Å²) in [5.41, 5.74) is 2.20. The highest BCUT2D eigenvalue weighted by Gasteiger charge is 2.25. The molecule has 1 aliphatic rings. The van der Waals surface area contributed by atoms with Gasteiger partial charge in [-0.1, -0.05) is 0 Å². The Balaban J connectivity index is 0.00000324. The van der Waals surface area contributed by atoms with E-state index in [4.69, 9.17) is 5.26 Å². The fraction of sp³-hybridized carbons (Fsp3) is 0.318. The van der Waals surface area contributed by atoms with Crippen molar-refractivity contribution in [2.45, 2.75) is 0 Å². The van der Waals surface area contributed by atoms with Crippen molar-refractivity contribution in [1.29, 1.82) is 5.26 Å². The molecule has 4 rings (SSSR count). The van der Waals surface area contributed by atoms with Crippen molar-refractivity contribution in [1.82, 2.24) is 24.5 Å². The molecule has 0 radical (unpaired) electrons. The minimum atomic E-state index is -3.44. The molecule has 10 nitrogen and oxygen atoms in total. The van der Waals surface area contributed by atoms with Crippen LogP contribution in [-0.4, -0.2) is 84.1 Å². The number of sulfonamides is 1. The zero-order chi connectivity index (χ0) is 23.6. The average molecular weight is 505 g/mol. The quantitative estimate of drug-likeness (QED) is 0.462. The van der Waals surface area contributed by atoms with Crippen molar-refractivity contribution in [3.05, 3.63) is 47.7 Å². The number of hydrogen-bond donors (Lipinski definition) is 3. The second-order valence-electron chi connectivity index (χ2n) is 7.93. The first-order valence-corrected chi connectivity index (χ1v) is 12.0. The van der Waals surface area contributed by atoms with E-state index in [9.17, 15) is 18.3 Å². The number of nitrogens with one attached hydrogen (secondary N) is 2. The summed E-state index contributed by atoms with van der Waals surface area (Å²) in [4.78, 5) is 21.8. The molecule has 0 spiro atoms. The van der Waals surface area contributed by atoms with Crippen molar-refractivity contribution in [2.24, 2.45) is 0 Å².